The van der Waals surface area contributed by atoms with Gasteiger partial charge >= 0.3 is 0 Å². The third kappa shape index (κ3) is 3.40. The van der Waals surface area contributed by atoms with Gasteiger partial charge in [0.25, 0.3) is 0 Å². The van der Waals surface area contributed by atoms with Crippen LogP contribution in [-0.4, -0.2) is 32.5 Å². The average molecular weight is 390 g/mol. The van der Waals surface area contributed by atoms with E-state index in [1.54, 1.807) is 42.0 Å². The first kappa shape index (κ1) is 18.5. The Labute approximate surface area is 166 Å². The lowest BCUT2D eigenvalue weighted by Crippen LogP contribution is -2.07. The van der Waals surface area contributed by atoms with E-state index in [0.717, 1.165) is 22.5 Å². The molecule has 7 nitrogen and oxygen atoms in total. The number of hydrogen-bond acceptors (Lipinski definition) is 5. The molecule has 0 atom stereocenters. The van der Waals surface area contributed by atoms with Crippen molar-refractivity contribution in [3.8, 4) is 22.5 Å². The van der Waals surface area contributed by atoms with Crippen LogP contribution in [0.4, 0.5) is 15.9 Å². The Morgan fingerprint density at radius 1 is 1.10 bits per heavy atom. The average Bonchev–Trinajstić information content (AvgIpc) is 3.09. The first-order valence-corrected chi connectivity index (χ1v) is 9.04. The molecular weight excluding hydrogens is 371 g/mol. The molecule has 1 amide bonds. The molecule has 0 radical (unpaired) electrons. The van der Waals surface area contributed by atoms with Crippen LogP contribution >= 0.6 is 0 Å². The van der Waals surface area contributed by atoms with E-state index in [1.165, 1.54) is 13.0 Å². The zero-order chi connectivity index (χ0) is 20.5. The van der Waals surface area contributed by atoms with Crippen LogP contribution in [0.5, 0.6) is 0 Å². The largest absolute Gasteiger partial charge is 0.385 e. The second-order valence-electron chi connectivity index (χ2n) is 6.61. The first-order chi connectivity index (χ1) is 14.0. The third-order valence-electron chi connectivity index (χ3n) is 4.56. The predicted molar refractivity (Wildman–Crippen MR) is 110 cm³/mol. The van der Waals surface area contributed by atoms with Gasteiger partial charge in [0.15, 0.2) is 5.65 Å². The molecule has 0 fully saturated rings. The summed E-state index contributed by atoms with van der Waals surface area (Å²) < 4.78 is 15.6. The van der Waals surface area contributed by atoms with Crippen LogP contribution in [0.2, 0.25) is 0 Å². The van der Waals surface area contributed by atoms with Gasteiger partial charge < -0.3 is 10.6 Å². The zero-order valence-corrected chi connectivity index (χ0v) is 16.2. The zero-order valence-electron chi connectivity index (χ0n) is 16.2. The summed E-state index contributed by atoms with van der Waals surface area (Å²) >= 11 is 0. The summed E-state index contributed by atoms with van der Waals surface area (Å²) in [5, 5.41) is 10.3. The van der Waals surface area contributed by atoms with Gasteiger partial charge in [0.05, 0.1) is 17.6 Å². The number of pyridine rings is 1. The van der Waals surface area contributed by atoms with E-state index in [0.29, 0.717) is 22.7 Å². The number of imidazole rings is 1. The van der Waals surface area contributed by atoms with Gasteiger partial charge in [-0.05, 0) is 48.9 Å². The lowest BCUT2D eigenvalue weighted by atomic mass is 10.0. The van der Waals surface area contributed by atoms with Crippen molar-refractivity contribution in [2.75, 3.05) is 17.7 Å². The van der Waals surface area contributed by atoms with Crippen LogP contribution in [-0.2, 0) is 4.79 Å². The van der Waals surface area contributed by atoms with Gasteiger partial charge in [0.2, 0.25) is 5.91 Å². The van der Waals surface area contributed by atoms with E-state index in [9.17, 15) is 9.18 Å². The minimum Gasteiger partial charge on any atom is -0.385 e. The smallest absolute Gasteiger partial charge is 0.222 e. The van der Waals surface area contributed by atoms with E-state index < -0.39 is 0 Å². The Morgan fingerprint density at radius 2 is 1.93 bits per heavy atom. The number of anilines is 2. The van der Waals surface area contributed by atoms with Crippen LogP contribution in [0.25, 0.3) is 28.2 Å². The van der Waals surface area contributed by atoms with Crippen molar-refractivity contribution in [2.45, 2.75) is 13.8 Å². The van der Waals surface area contributed by atoms with Crippen LogP contribution in [0, 0.1) is 12.7 Å². The molecule has 8 heteroatoms. The molecule has 4 aromatic rings. The molecule has 0 spiro atoms. The van der Waals surface area contributed by atoms with Crippen molar-refractivity contribution in [3.05, 3.63) is 60.2 Å². The monoisotopic (exact) mass is 390 g/mol. The lowest BCUT2D eigenvalue weighted by Gasteiger charge is -2.08. The standard InChI is InChI=1S/C21H19FN6O/c1-12-10-14(4-5-16(12)22)19-20(15-6-8-24-18(11-15)26-13(2)29)28-21(27-19)17(23-3)7-9-25-28/h4-11,23H,1-3H3,(H,24,26,29). The lowest BCUT2D eigenvalue weighted by molar-refractivity contribution is -0.114. The molecule has 3 heterocycles. The van der Waals surface area contributed by atoms with Crippen molar-refractivity contribution >= 4 is 23.1 Å². The number of benzene rings is 1. The molecule has 0 unspecified atom stereocenters. The summed E-state index contributed by atoms with van der Waals surface area (Å²) in [5.41, 5.74) is 4.89. The van der Waals surface area contributed by atoms with Gasteiger partial charge in [0.1, 0.15) is 17.3 Å². The number of rotatable bonds is 4. The number of fused-ring (bicyclic) bond motifs is 1. The second-order valence-corrected chi connectivity index (χ2v) is 6.61. The van der Waals surface area contributed by atoms with Crippen LogP contribution in [0.3, 0.4) is 0 Å². The molecule has 3 aromatic heterocycles. The highest BCUT2D eigenvalue weighted by Gasteiger charge is 2.20. The van der Waals surface area contributed by atoms with Crippen molar-refractivity contribution in [1.82, 2.24) is 19.6 Å². The van der Waals surface area contributed by atoms with E-state index >= 15 is 0 Å². The number of amides is 1. The number of hydrogen-bond donors (Lipinski definition) is 2. The predicted octanol–water partition coefficient (Wildman–Crippen LogP) is 3.91. The van der Waals surface area contributed by atoms with Crippen molar-refractivity contribution < 1.29 is 9.18 Å². The number of carbonyl (C=O) groups excluding carboxylic acids is 1. The molecule has 0 bridgehead atoms. The maximum atomic E-state index is 13.8. The molecule has 0 saturated carbocycles. The van der Waals surface area contributed by atoms with Gasteiger partial charge in [-0.25, -0.2) is 18.9 Å². The molecule has 0 saturated heterocycles. The molecule has 146 valence electrons. The Hall–Kier alpha value is -3.81. The Bertz CT molecular complexity index is 1230. The third-order valence-corrected chi connectivity index (χ3v) is 4.56. The van der Waals surface area contributed by atoms with Crippen molar-refractivity contribution in [3.63, 3.8) is 0 Å². The first-order valence-electron chi connectivity index (χ1n) is 9.04. The van der Waals surface area contributed by atoms with E-state index in [1.807, 2.05) is 19.2 Å². The summed E-state index contributed by atoms with van der Waals surface area (Å²) in [7, 11) is 1.81. The number of aryl methyl sites for hydroxylation is 1. The topological polar surface area (TPSA) is 84.2 Å². The Morgan fingerprint density at radius 3 is 2.66 bits per heavy atom. The van der Waals surface area contributed by atoms with Crippen molar-refractivity contribution in [1.29, 1.82) is 0 Å². The fourth-order valence-electron chi connectivity index (χ4n) is 3.22. The maximum Gasteiger partial charge on any atom is 0.222 e. The van der Waals surface area contributed by atoms with E-state index in [4.69, 9.17) is 4.98 Å². The summed E-state index contributed by atoms with van der Waals surface area (Å²) in [5.74, 6) is -0.0568. The summed E-state index contributed by atoms with van der Waals surface area (Å²) in [6, 6.07) is 10.3. The van der Waals surface area contributed by atoms with Crippen molar-refractivity contribution in [2.24, 2.45) is 0 Å². The summed E-state index contributed by atoms with van der Waals surface area (Å²) in [6.45, 7) is 3.14. The minimum atomic E-state index is -0.273. The molecule has 0 aliphatic heterocycles. The van der Waals surface area contributed by atoms with Crippen LogP contribution in [0.1, 0.15) is 12.5 Å². The van der Waals surface area contributed by atoms with Gasteiger partial charge in [0, 0.05) is 31.3 Å². The normalized spacial score (nSPS) is 10.9. The maximum absolute atomic E-state index is 13.8. The van der Waals surface area contributed by atoms with Crippen LogP contribution in [0.15, 0.2) is 48.8 Å². The quantitative estimate of drug-likeness (QED) is 0.552. The summed E-state index contributed by atoms with van der Waals surface area (Å²) in [4.78, 5) is 20.4. The molecule has 0 aliphatic carbocycles. The highest BCUT2D eigenvalue weighted by Crippen LogP contribution is 2.35. The molecule has 29 heavy (non-hydrogen) atoms. The van der Waals surface area contributed by atoms with Gasteiger partial charge in [-0.1, -0.05) is 0 Å². The van der Waals surface area contributed by atoms with Crippen LogP contribution < -0.4 is 10.6 Å². The number of nitrogens with zero attached hydrogens (tertiary/aromatic N) is 4. The van der Waals surface area contributed by atoms with Gasteiger partial charge in [-0.3, -0.25) is 4.79 Å². The molecule has 4 rings (SSSR count). The molecule has 2 N–H and O–H groups in total. The Kier molecular flexibility index (Phi) is 4.67. The second kappa shape index (κ2) is 7.31. The Balaban J connectivity index is 2.01. The van der Waals surface area contributed by atoms with E-state index in [2.05, 4.69) is 20.7 Å². The van der Waals surface area contributed by atoms with E-state index in [-0.39, 0.29) is 11.7 Å². The number of carbonyl (C=O) groups is 1. The molecule has 0 aliphatic rings. The molecular formula is C21H19FN6O. The highest BCUT2D eigenvalue weighted by atomic mass is 19.1. The number of aromatic nitrogens is 4. The highest BCUT2D eigenvalue weighted by molar-refractivity contribution is 5.90. The van der Waals surface area contributed by atoms with Gasteiger partial charge in [-0.2, -0.15) is 5.10 Å². The number of nitrogens with one attached hydrogen (secondary N) is 2. The summed E-state index contributed by atoms with van der Waals surface area (Å²) in [6.07, 6.45) is 3.29. The fraction of sp³-hybridized carbons (Fsp3) is 0.143. The van der Waals surface area contributed by atoms with Gasteiger partial charge in [-0.15, -0.1) is 0 Å². The number of halogens is 1. The molecule has 1 aromatic carbocycles. The fourth-order valence-corrected chi connectivity index (χ4v) is 3.22. The SMILES string of the molecule is CNc1ccnn2c(-c3ccnc(NC(C)=O)c3)c(-c3ccc(F)c(C)c3)nc12. The minimum absolute atomic E-state index is 0.210.